The highest BCUT2D eigenvalue weighted by molar-refractivity contribution is 6.01. The van der Waals surface area contributed by atoms with Crippen LogP contribution in [0.2, 0.25) is 0 Å². The lowest BCUT2D eigenvalue weighted by atomic mass is 10.2. The van der Waals surface area contributed by atoms with Crippen molar-refractivity contribution in [2.45, 2.75) is 6.92 Å². The molecule has 0 aliphatic rings. The smallest absolute Gasteiger partial charge is 0.297 e. The maximum Gasteiger partial charge on any atom is 0.297 e. The van der Waals surface area contributed by atoms with E-state index in [-0.39, 0.29) is 11.7 Å². The molecule has 6 heteroatoms. The Morgan fingerprint density at radius 1 is 1.47 bits per heavy atom. The number of aromatic nitrogens is 4. The number of H-pyrrole nitrogens is 1. The molecule has 6 nitrogen and oxygen atoms in total. The zero-order valence-electron chi connectivity index (χ0n) is 8.06. The fourth-order valence-electron chi connectivity index (χ4n) is 1.17. The average molecular weight is 203 g/mol. The van der Waals surface area contributed by atoms with Crippen LogP contribution in [0.1, 0.15) is 16.2 Å². The number of benzene rings is 1. The number of carbonyl (C=O) groups is 1. The highest BCUT2D eigenvalue weighted by atomic mass is 16.2. The number of hydrogen-bond donors (Lipinski definition) is 2. The molecule has 0 radical (unpaired) electrons. The predicted octanol–water partition coefficient (Wildman–Crippen LogP) is 0.760. The summed E-state index contributed by atoms with van der Waals surface area (Å²) in [5, 5.41) is 15.3. The molecule has 0 bridgehead atoms. The van der Waals surface area contributed by atoms with E-state index in [4.69, 9.17) is 0 Å². The highest BCUT2D eigenvalue weighted by Gasteiger charge is 2.10. The van der Waals surface area contributed by atoms with Crippen LogP contribution in [0.3, 0.4) is 0 Å². The fourth-order valence-corrected chi connectivity index (χ4v) is 1.17. The van der Waals surface area contributed by atoms with E-state index in [1.165, 1.54) is 0 Å². The Bertz CT molecular complexity index is 465. The Balaban J connectivity index is 2.13. The first kappa shape index (κ1) is 9.32. The van der Waals surface area contributed by atoms with Gasteiger partial charge in [0, 0.05) is 5.69 Å². The minimum Gasteiger partial charge on any atom is -0.319 e. The molecule has 1 aromatic carbocycles. The molecule has 1 heterocycles. The topological polar surface area (TPSA) is 83.6 Å². The van der Waals surface area contributed by atoms with Gasteiger partial charge in [0.25, 0.3) is 11.7 Å². The van der Waals surface area contributed by atoms with Gasteiger partial charge in [-0.15, -0.1) is 10.2 Å². The summed E-state index contributed by atoms with van der Waals surface area (Å²) in [6.45, 7) is 1.95. The SMILES string of the molecule is Cc1cccc(NC(=O)c2nn[nH]n2)c1. The first-order valence-electron chi connectivity index (χ1n) is 4.37. The number of nitrogens with zero attached hydrogens (tertiary/aromatic N) is 3. The van der Waals surface area contributed by atoms with E-state index in [9.17, 15) is 4.79 Å². The van der Waals surface area contributed by atoms with Crippen molar-refractivity contribution in [2.24, 2.45) is 0 Å². The Hall–Kier alpha value is -2.24. The molecule has 0 saturated carbocycles. The van der Waals surface area contributed by atoms with Crippen molar-refractivity contribution in [1.82, 2.24) is 20.6 Å². The Morgan fingerprint density at radius 3 is 3.00 bits per heavy atom. The molecule has 0 aliphatic heterocycles. The first-order valence-corrected chi connectivity index (χ1v) is 4.37. The second-order valence-corrected chi connectivity index (χ2v) is 3.06. The van der Waals surface area contributed by atoms with Gasteiger partial charge in [-0.25, -0.2) is 0 Å². The van der Waals surface area contributed by atoms with Gasteiger partial charge in [-0.05, 0) is 29.8 Å². The molecule has 0 saturated heterocycles. The molecule has 0 atom stereocenters. The summed E-state index contributed by atoms with van der Waals surface area (Å²) in [7, 11) is 0. The molecule has 2 rings (SSSR count). The van der Waals surface area contributed by atoms with E-state index in [0.29, 0.717) is 5.69 Å². The van der Waals surface area contributed by atoms with Gasteiger partial charge in [0.05, 0.1) is 0 Å². The van der Waals surface area contributed by atoms with Gasteiger partial charge in [-0.3, -0.25) is 4.79 Å². The molecule has 0 aliphatic carbocycles. The molecule has 2 N–H and O–H groups in total. The number of anilines is 1. The van der Waals surface area contributed by atoms with Crippen molar-refractivity contribution in [3.63, 3.8) is 0 Å². The Kier molecular flexibility index (Phi) is 2.40. The molecular weight excluding hydrogens is 194 g/mol. The summed E-state index contributed by atoms with van der Waals surface area (Å²) in [6.07, 6.45) is 0. The number of nitrogens with one attached hydrogen (secondary N) is 2. The lowest BCUT2D eigenvalue weighted by Gasteiger charge is -2.02. The molecule has 0 spiro atoms. The van der Waals surface area contributed by atoms with E-state index in [2.05, 4.69) is 25.9 Å². The maximum absolute atomic E-state index is 11.5. The van der Waals surface area contributed by atoms with Crippen molar-refractivity contribution in [3.05, 3.63) is 35.7 Å². The van der Waals surface area contributed by atoms with Crippen LogP contribution in [0, 0.1) is 6.92 Å². The maximum atomic E-state index is 11.5. The van der Waals surface area contributed by atoms with Crippen molar-refractivity contribution in [3.8, 4) is 0 Å². The van der Waals surface area contributed by atoms with Crippen LogP contribution in [-0.4, -0.2) is 26.5 Å². The lowest BCUT2D eigenvalue weighted by molar-refractivity contribution is 0.101. The number of tetrazole rings is 1. The van der Waals surface area contributed by atoms with Crippen molar-refractivity contribution in [1.29, 1.82) is 0 Å². The molecule has 0 unspecified atom stereocenters. The summed E-state index contributed by atoms with van der Waals surface area (Å²) in [6, 6.07) is 7.47. The molecule has 76 valence electrons. The van der Waals surface area contributed by atoms with Crippen LogP contribution in [0.5, 0.6) is 0 Å². The third kappa shape index (κ3) is 2.16. The summed E-state index contributed by atoms with van der Waals surface area (Å²) in [5.41, 5.74) is 1.78. The lowest BCUT2D eigenvalue weighted by Crippen LogP contribution is -2.13. The van der Waals surface area contributed by atoms with Gasteiger partial charge in [0.1, 0.15) is 0 Å². The summed E-state index contributed by atoms with van der Waals surface area (Å²) < 4.78 is 0. The van der Waals surface area contributed by atoms with Crippen LogP contribution in [0.4, 0.5) is 5.69 Å². The van der Waals surface area contributed by atoms with Gasteiger partial charge in [-0.1, -0.05) is 12.1 Å². The zero-order chi connectivity index (χ0) is 10.7. The quantitative estimate of drug-likeness (QED) is 0.754. The normalized spacial score (nSPS) is 9.93. The highest BCUT2D eigenvalue weighted by Crippen LogP contribution is 2.09. The van der Waals surface area contributed by atoms with E-state index >= 15 is 0 Å². The average Bonchev–Trinajstić information content (AvgIpc) is 2.70. The third-order valence-electron chi connectivity index (χ3n) is 1.82. The molecule has 1 aromatic heterocycles. The number of amides is 1. The van der Waals surface area contributed by atoms with Gasteiger partial charge < -0.3 is 5.32 Å². The van der Waals surface area contributed by atoms with Crippen molar-refractivity contribution >= 4 is 11.6 Å². The monoisotopic (exact) mass is 203 g/mol. The molecule has 1 amide bonds. The van der Waals surface area contributed by atoms with E-state index in [1.54, 1.807) is 6.07 Å². The number of carbonyl (C=O) groups excluding carboxylic acids is 1. The van der Waals surface area contributed by atoms with Gasteiger partial charge in [-0.2, -0.15) is 5.21 Å². The summed E-state index contributed by atoms with van der Waals surface area (Å²) in [4.78, 5) is 11.5. The Labute approximate surface area is 85.7 Å². The van der Waals surface area contributed by atoms with E-state index in [0.717, 1.165) is 5.56 Å². The van der Waals surface area contributed by atoms with E-state index < -0.39 is 0 Å². The third-order valence-corrected chi connectivity index (χ3v) is 1.82. The number of rotatable bonds is 2. The number of aromatic amines is 1. The number of aryl methyl sites for hydroxylation is 1. The molecule has 15 heavy (non-hydrogen) atoms. The van der Waals surface area contributed by atoms with Crippen LogP contribution >= 0.6 is 0 Å². The standard InChI is InChI=1S/C9H9N5O/c1-6-3-2-4-7(5-6)10-9(15)8-11-13-14-12-8/h2-5H,1H3,(H,10,15)(H,11,12,13,14). The second kappa shape index (κ2) is 3.87. The zero-order valence-corrected chi connectivity index (χ0v) is 8.06. The second-order valence-electron chi connectivity index (χ2n) is 3.06. The summed E-state index contributed by atoms with van der Waals surface area (Å²) in [5.74, 6) is -0.356. The predicted molar refractivity (Wildman–Crippen MR) is 53.3 cm³/mol. The first-order chi connectivity index (χ1) is 7.25. The van der Waals surface area contributed by atoms with Gasteiger partial charge >= 0.3 is 0 Å². The molecule has 0 fully saturated rings. The fraction of sp³-hybridized carbons (Fsp3) is 0.111. The summed E-state index contributed by atoms with van der Waals surface area (Å²) >= 11 is 0. The van der Waals surface area contributed by atoms with Crippen molar-refractivity contribution in [2.75, 3.05) is 5.32 Å². The number of hydrogen-bond acceptors (Lipinski definition) is 4. The molecule has 2 aromatic rings. The minimum absolute atomic E-state index is 0.0245. The largest absolute Gasteiger partial charge is 0.319 e. The van der Waals surface area contributed by atoms with Crippen LogP contribution in [0.25, 0.3) is 0 Å². The van der Waals surface area contributed by atoms with Gasteiger partial charge in [0.2, 0.25) is 0 Å². The minimum atomic E-state index is -0.380. The van der Waals surface area contributed by atoms with Crippen LogP contribution < -0.4 is 5.32 Å². The van der Waals surface area contributed by atoms with Crippen LogP contribution in [-0.2, 0) is 0 Å². The van der Waals surface area contributed by atoms with Crippen molar-refractivity contribution < 1.29 is 4.79 Å². The molecular formula is C9H9N5O. The van der Waals surface area contributed by atoms with E-state index in [1.807, 2.05) is 25.1 Å². The van der Waals surface area contributed by atoms with Gasteiger partial charge in [0.15, 0.2) is 0 Å². The Morgan fingerprint density at radius 2 is 2.33 bits per heavy atom. The van der Waals surface area contributed by atoms with Crippen LogP contribution in [0.15, 0.2) is 24.3 Å².